The molecule has 2 aliphatic rings. The summed E-state index contributed by atoms with van der Waals surface area (Å²) >= 11 is 0. The molecule has 1 aromatic carbocycles. The maximum atomic E-state index is 12.1. The number of nitrogens with one attached hydrogen (secondary N) is 2. The molecule has 0 atom stereocenters. The third kappa shape index (κ3) is 3.28. The standard InChI is InChI=1S/C16H22N2O/c19-16(18-10-1-3-12-5-6-12)14-7-8-15-13(11-14)4-2-9-17-15/h7-8,11-12,17H,1-6,9-10H2,(H,18,19). The quantitative estimate of drug-likeness (QED) is 0.797. The highest BCUT2D eigenvalue weighted by atomic mass is 16.1. The number of benzene rings is 1. The molecule has 1 aliphatic heterocycles. The lowest BCUT2D eigenvalue weighted by atomic mass is 10.0. The van der Waals surface area contributed by atoms with Gasteiger partial charge in [0, 0.05) is 24.3 Å². The number of hydrogen-bond acceptors (Lipinski definition) is 2. The summed E-state index contributed by atoms with van der Waals surface area (Å²) in [6, 6.07) is 6.00. The third-order valence-electron chi connectivity index (χ3n) is 4.08. The second-order valence-electron chi connectivity index (χ2n) is 5.74. The lowest BCUT2D eigenvalue weighted by Gasteiger charge is -2.18. The topological polar surface area (TPSA) is 41.1 Å². The minimum atomic E-state index is 0.0733. The van der Waals surface area contributed by atoms with Crippen LogP contribution in [0.3, 0.4) is 0 Å². The van der Waals surface area contributed by atoms with E-state index in [-0.39, 0.29) is 5.91 Å². The van der Waals surface area contributed by atoms with Crippen LogP contribution in [0.15, 0.2) is 18.2 Å². The second-order valence-corrected chi connectivity index (χ2v) is 5.74. The smallest absolute Gasteiger partial charge is 0.251 e. The van der Waals surface area contributed by atoms with Gasteiger partial charge in [0.2, 0.25) is 0 Å². The first-order valence-electron chi connectivity index (χ1n) is 7.48. The van der Waals surface area contributed by atoms with Crippen molar-refractivity contribution < 1.29 is 4.79 Å². The molecule has 0 unspecified atom stereocenters. The van der Waals surface area contributed by atoms with Crippen LogP contribution in [0.4, 0.5) is 5.69 Å². The number of hydrogen-bond donors (Lipinski definition) is 2. The molecule has 3 nitrogen and oxygen atoms in total. The monoisotopic (exact) mass is 258 g/mol. The van der Waals surface area contributed by atoms with E-state index in [1.165, 1.54) is 30.5 Å². The highest BCUT2D eigenvalue weighted by molar-refractivity contribution is 5.94. The van der Waals surface area contributed by atoms with Crippen LogP contribution in [0.25, 0.3) is 0 Å². The van der Waals surface area contributed by atoms with Crippen molar-refractivity contribution in [1.29, 1.82) is 0 Å². The molecule has 0 saturated heterocycles. The first-order valence-corrected chi connectivity index (χ1v) is 7.48. The van der Waals surface area contributed by atoms with E-state index in [9.17, 15) is 4.79 Å². The van der Waals surface area contributed by atoms with Gasteiger partial charge >= 0.3 is 0 Å². The summed E-state index contributed by atoms with van der Waals surface area (Å²) in [4.78, 5) is 12.1. The van der Waals surface area contributed by atoms with E-state index >= 15 is 0 Å². The minimum Gasteiger partial charge on any atom is -0.385 e. The molecule has 1 aliphatic carbocycles. The summed E-state index contributed by atoms with van der Waals surface area (Å²) in [7, 11) is 0. The van der Waals surface area contributed by atoms with Crippen molar-refractivity contribution in [1.82, 2.24) is 5.32 Å². The third-order valence-corrected chi connectivity index (χ3v) is 4.08. The summed E-state index contributed by atoms with van der Waals surface area (Å²) in [5.41, 5.74) is 3.27. The highest BCUT2D eigenvalue weighted by Gasteiger charge is 2.20. The number of carbonyl (C=O) groups excluding carboxylic acids is 1. The summed E-state index contributed by atoms with van der Waals surface area (Å²) < 4.78 is 0. The molecule has 0 radical (unpaired) electrons. The number of amides is 1. The molecule has 3 heteroatoms. The molecular formula is C16H22N2O. The number of carbonyl (C=O) groups is 1. The molecule has 19 heavy (non-hydrogen) atoms. The average Bonchev–Trinajstić information content (AvgIpc) is 3.27. The van der Waals surface area contributed by atoms with Gasteiger partial charge in [-0.1, -0.05) is 12.8 Å². The number of fused-ring (bicyclic) bond motifs is 1. The zero-order valence-electron chi connectivity index (χ0n) is 11.4. The van der Waals surface area contributed by atoms with Crippen molar-refractivity contribution in [3.05, 3.63) is 29.3 Å². The van der Waals surface area contributed by atoms with E-state index in [0.717, 1.165) is 43.8 Å². The van der Waals surface area contributed by atoms with Crippen molar-refractivity contribution in [2.24, 2.45) is 5.92 Å². The largest absolute Gasteiger partial charge is 0.385 e. The number of rotatable bonds is 5. The predicted octanol–water partition coefficient (Wildman–Crippen LogP) is 2.96. The first kappa shape index (κ1) is 12.5. The Hall–Kier alpha value is -1.51. The van der Waals surface area contributed by atoms with Crippen LogP contribution in [-0.2, 0) is 6.42 Å². The fourth-order valence-electron chi connectivity index (χ4n) is 2.72. The molecule has 1 fully saturated rings. The summed E-state index contributed by atoms with van der Waals surface area (Å²) in [5, 5.41) is 6.40. The van der Waals surface area contributed by atoms with E-state index in [4.69, 9.17) is 0 Å². The Morgan fingerprint density at radius 1 is 1.37 bits per heavy atom. The molecular weight excluding hydrogens is 236 g/mol. The van der Waals surface area contributed by atoms with Gasteiger partial charge in [-0.05, 0) is 55.4 Å². The van der Waals surface area contributed by atoms with Gasteiger partial charge in [-0.15, -0.1) is 0 Å². The maximum Gasteiger partial charge on any atom is 0.251 e. The Bertz CT molecular complexity index is 466. The highest BCUT2D eigenvalue weighted by Crippen LogP contribution is 2.33. The molecule has 2 N–H and O–H groups in total. The van der Waals surface area contributed by atoms with E-state index in [1.807, 2.05) is 18.2 Å². The van der Waals surface area contributed by atoms with Crippen LogP contribution in [-0.4, -0.2) is 19.0 Å². The van der Waals surface area contributed by atoms with Crippen LogP contribution in [0.5, 0.6) is 0 Å². The molecule has 1 saturated carbocycles. The lowest BCUT2D eigenvalue weighted by molar-refractivity contribution is 0.0952. The van der Waals surface area contributed by atoms with Gasteiger partial charge < -0.3 is 10.6 Å². The molecule has 0 aromatic heterocycles. The Labute approximate surface area is 114 Å². The van der Waals surface area contributed by atoms with Crippen molar-refractivity contribution in [2.75, 3.05) is 18.4 Å². The lowest BCUT2D eigenvalue weighted by Crippen LogP contribution is -2.25. The zero-order chi connectivity index (χ0) is 13.1. The van der Waals surface area contributed by atoms with E-state index < -0.39 is 0 Å². The SMILES string of the molecule is O=C(NCCCC1CC1)c1ccc2c(c1)CCCN2. The number of aryl methyl sites for hydroxylation is 1. The number of anilines is 1. The van der Waals surface area contributed by atoms with Gasteiger partial charge in [-0.3, -0.25) is 4.79 Å². The summed E-state index contributed by atoms with van der Waals surface area (Å²) in [5.74, 6) is 1.02. The van der Waals surface area contributed by atoms with Gasteiger partial charge in [0.05, 0.1) is 0 Å². The predicted molar refractivity (Wildman–Crippen MR) is 77.5 cm³/mol. The molecule has 1 aromatic rings. The van der Waals surface area contributed by atoms with Gasteiger partial charge in [-0.2, -0.15) is 0 Å². The fraction of sp³-hybridized carbons (Fsp3) is 0.562. The zero-order valence-corrected chi connectivity index (χ0v) is 11.4. The van der Waals surface area contributed by atoms with Crippen molar-refractivity contribution >= 4 is 11.6 Å². The van der Waals surface area contributed by atoms with Crippen LogP contribution >= 0.6 is 0 Å². The van der Waals surface area contributed by atoms with Crippen LogP contribution < -0.4 is 10.6 Å². The van der Waals surface area contributed by atoms with E-state index in [1.54, 1.807) is 0 Å². The Kier molecular flexibility index (Phi) is 3.72. The first-order chi connectivity index (χ1) is 9.33. The Morgan fingerprint density at radius 2 is 2.26 bits per heavy atom. The average molecular weight is 258 g/mol. The molecule has 3 rings (SSSR count). The Balaban J connectivity index is 1.53. The summed E-state index contributed by atoms with van der Waals surface area (Å²) in [6.45, 7) is 1.85. The van der Waals surface area contributed by atoms with Crippen LogP contribution in [0, 0.1) is 5.92 Å². The maximum absolute atomic E-state index is 12.1. The molecule has 1 amide bonds. The van der Waals surface area contributed by atoms with E-state index in [2.05, 4.69) is 10.6 Å². The fourth-order valence-corrected chi connectivity index (χ4v) is 2.72. The van der Waals surface area contributed by atoms with Gasteiger partial charge in [0.25, 0.3) is 5.91 Å². The summed E-state index contributed by atoms with van der Waals surface area (Å²) in [6.07, 6.45) is 7.40. The van der Waals surface area contributed by atoms with Crippen LogP contribution in [0.1, 0.15) is 48.0 Å². The normalized spacial score (nSPS) is 17.5. The van der Waals surface area contributed by atoms with Gasteiger partial charge in [-0.25, -0.2) is 0 Å². The second kappa shape index (κ2) is 5.64. The van der Waals surface area contributed by atoms with Gasteiger partial charge in [0.1, 0.15) is 0 Å². The molecule has 0 spiro atoms. The van der Waals surface area contributed by atoms with Crippen molar-refractivity contribution in [2.45, 2.75) is 38.5 Å². The molecule has 1 heterocycles. The Morgan fingerprint density at radius 3 is 3.11 bits per heavy atom. The van der Waals surface area contributed by atoms with Crippen LogP contribution in [0.2, 0.25) is 0 Å². The van der Waals surface area contributed by atoms with Gasteiger partial charge in [0.15, 0.2) is 0 Å². The molecule has 102 valence electrons. The molecule has 0 bridgehead atoms. The van der Waals surface area contributed by atoms with Crippen molar-refractivity contribution in [3.8, 4) is 0 Å². The van der Waals surface area contributed by atoms with Crippen molar-refractivity contribution in [3.63, 3.8) is 0 Å². The van der Waals surface area contributed by atoms with E-state index in [0.29, 0.717) is 0 Å². The minimum absolute atomic E-state index is 0.0733.